The number of methoxy groups -OCH3 is 2. The number of halogens is 1. The number of hydrogen-bond acceptors (Lipinski definition) is 6. The highest BCUT2D eigenvalue weighted by atomic mass is 35.5. The van der Waals surface area contributed by atoms with Crippen LogP contribution < -0.4 is 14.8 Å². The lowest BCUT2D eigenvalue weighted by Crippen LogP contribution is -2.35. The monoisotopic (exact) mass is 394 g/mol. The molecule has 0 radical (unpaired) electrons. The summed E-state index contributed by atoms with van der Waals surface area (Å²) < 4.78 is 15.9. The van der Waals surface area contributed by atoms with Gasteiger partial charge in [-0.3, -0.25) is 14.9 Å². The third-order valence-corrected chi connectivity index (χ3v) is 3.79. The van der Waals surface area contributed by atoms with E-state index in [4.69, 9.17) is 25.8 Å². The molecule has 2 rings (SSSR count). The lowest BCUT2D eigenvalue weighted by atomic mass is 10.1. The molecule has 0 spiro atoms. The van der Waals surface area contributed by atoms with Crippen molar-refractivity contribution < 1.29 is 23.9 Å². The number of benzene rings is 2. The molecule has 0 aromatic heterocycles. The summed E-state index contributed by atoms with van der Waals surface area (Å²) in [6, 6.07) is 8.44. The van der Waals surface area contributed by atoms with Crippen molar-refractivity contribution in [3.05, 3.63) is 57.1 Å². The predicted molar refractivity (Wildman–Crippen MR) is 100.0 cm³/mol. The summed E-state index contributed by atoms with van der Waals surface area (Å²) in [4.78, 5) is 22.9. The van der Waals surface area contributed by atoms with Gasteiger partial charge in [-0.2, -0.15) is 0 Å². The summed E-state index contributed by atoms with van der Waals surface area (Å²) in [5.41, 5.74) is 0.0764. The quantitative estimate of drug-likeness (QED) is 0.539. The molecule has 0 fully saturated rings. The Bertz CT molecular complexity index is 843. The summed E-state index contributed by atoms with van der Waals surface area (Å²) in [5, 5.41) is 14.2. The Morgan fingerprint density at radius 2 is 1.89 bits per heavy atom. The summed E-state index contributed by atoms with van der Waals surface area (Å²) in [5.74, 6) is 0.186. The van der Waals surface area contributed by atoms with Gasteiger partial charge in [0.05, 0.1) is 18.6 Å². The van der Waals surface area contributed by atoms with Crippen LogP contribution in [0.1, 0.15) is 17.3 Å². The first-order chi connectivity index (χ1) is 12.8. The number of nitro benzene ring substituents is 1. The highest BCUT2D eigenvalue weighted by Gasteiger charge is 2.19. The Morgan fingerprint density at radius 1 is 1.19 bits per heavy atom. The largest absolute Gasteiger partial charge is 0.493 e. The van der Waals surface area contributed by atoms with E-state index in [1.165, 1.54) is 43.5 Å². The molecule has 9 heteroatoms. The van der Waals surface area contributed by atoms with E-state index >= 15 is 0 Å². The van der Waals surface area contributed by atoms with Crippen LogP contribution in [0, 0.1) is 10.1 Å². The van der Waals surface area contributed by atoms with Gasteiger partial charge in [-0.05, 0) is 37.3 Å². The van der Waals surface area contributed by atoms with Crippen LogP contribution in [0.5, 0.6) is 17.2 Å². The Kier molecular flexibility index (Phi) is 6.98. The minimum Gasteiger partial charge on any atom is -0.493 e. The predicted octanol–water partition coefficient (Wildman–Crippen LogP) is 3.81. The van der Waals surface area contributed by atoms with Gasteiger partial charge >= 0.3 is 5.69 Å². The maximum atomic E-state index is 12.3. The maximum absolute atomic E-state index is 12.3. The molecule has 144 valence electrons. The molecule has 0 aliphatic carbocycles. The van der Waals surface area contributed by atoms with E-state index in [2.05, 4.69) is 5.32 Å². The summed E-state index contributed by atoms with van der Waals surface area (Å²) >= 11 is 5.80. The molecule has 0 heterocycles. The molecule has 2 aromatic carbocycles. The zero-order valence-corrected chi connectivity index (χ0v) is 15.8. The molecule has 1 atom stereocenters. The van der Waals surface area contributed by atoms with Crippen molar-refractivity contribution in [3.8, 4) is 17.2 Å². The van der Waals surface area contributed by atoms with Gasteiger partial charge < -0.3 is 19.5 Å². The fraction of sp³-hybridized carbons (Fsp3) is 0.278. The van der Waals surface area contributed by atoms with E-state index < -0.39 is 4.92 Å². The molecule has 0 bridgehead atoms. The Labute approximate surface area is 161 Å². The van der Waals surface area contributed by atoms with E-state index in [1.807, 2.05) is 6.92 Å². The van der Waals surface area contributed by atoms with Crippen molar-refractivity contribution >= 4 is 23.2 Å². The molecule has 1 amide bonds. The van der Waals surface area contributed by atoms with Crippen LogP contribution in [0.4, 0.5) is 5.69 Å². The molecule has 1 N–H and O–H groups in total. The maximum Gasteiger partial charge on any atom is 0.313 e. The van der Waals surface area contributed by atoms with E-state index in [0.29, 0.717) is 12.2 Å². The van der Waals surface area contributed by atoms with Crippen molar-refractivity contribution in [1.82, 2.24) is 5.32 Å². The second kappa shape index (κ2) is 9.20. The number of nitro groups is 1. The summed E-state index contributed by atoms with van der Waals surface area (Å²) in [6.07, 6.45) is 0. The van der Waals surface area contributed by atoms with Gasteiger partial charge in [0.1, 0.15) is 0 Å². The van der Waals surface area contributed by atoms with E-state index in [9.17, 15) is 14.9 Å². The topological polar surface area (TPSA) is 99.9 Å². The van der Waals surface area contributed by atoms with Crippen LogP contribution >= 0.6 is 11.6 Å². The molecule has 0 unspecified atom stereocenters. The molecule has 8 nitrogen and oxygen atoms in total. The number of hydrogen-bond donors (Lipinski definition) is 1. The summed E-state index contributed by atoms with van der Waals surface area (Å²) in [6.45, 7) is 2.19. The van der Waals surface area contributed by atoms with Crippen LogP contribution in [0.25, 0.3) is 0 Å². The molecule has 27 heavy (non-hydrogen) atoms. The second-order valence-electron chi connectivity index (χ2n) is 5.67. The van der Waals surface area contributed by atoms with E-state index in [0.717, 1.165) is 0 Å². The number of carbonyl (C=O) groups excluding carboxylic acids is 1. The third kappa shape index (κ3) is 5.32. The molecule has 0 saturated carbocycles. The molecule has 0 aliphatic heterocycles. The lowest BCUT2D eigenvalue weighted by molar-refractivity contribution is -0.385. The first-order valence-electron chi connectivity index (χ1n) is 7.95. The van der Waals surface area contributed by atoms with Crippen LogP contribution in [-0.4, -0.2) is 37.7 Å². The number of ether oxygens (including phenoxy) is 3. The van der Waals surface area contributed by atoms with E-state index in [-0.39, 0.29) is 39.9 Å². The van der Waals surface area contributed by atoms with Crippen molar-refractivity contribution in [1.29, 1.82) is 0 Å². The number of rotatable bonds is 8. The van der Waals surface area contributed by atoms with Gasteiger partial charge in [0.2, 0.25) is 5.75 Å². The average molecular weight is 395 g/mol. The fourth-order valence-electron chi connectivity index (χ4n) is 2.33. The summed E-state index contributed by atoms with van der Waals surface area (Å²) in [7, 11) is 2.96. The molecule has 0 aliphatic rings. The lowest BCUT2D eigenvalue weighted by Gasteiger charge is -2.15. The second-order valence-corrected chi connectivity index (χ2v) is 6.10. The van der Waals surface area contributed by atoms with Gasteiger partial charge in [0, 0.05) is 29.8 Å². The smallest absolute Gasteiger partial charge is 0.313 e. The number of nitrogens with zero attached hydrogens (tertiary/aromatic N) is 1. The van der Waals surface area contributed by atoms with Gasteiger partial charge in [-0.15, -0.1) is 0 Å². The van der Waals surface area contributed by atoms with Crippen LogP contribution in [-0.2, 0) is 4.74 Å². The van der Waals surface area contributed by atoms with Crippen LogP contribution in [0.2, 0.25) is 5.02 Å². The zero-order valence-electron chi connectivity index (χ0n) is 15.0. The Balaban J connectivity index is 2.27. The minimum absolute atomic E-state index is 0.00798. The minimum atomic E-state index is -0.591. The highest BCUT2D eigenvalue weighted by Crippen LogP contribution is 2.37. The standard InChI is InChI=1S/C18H19ClN2O6/c1-11(10-25-2)20-18(22)12-4-6-16(17(8-12)26-3)27-15-7-5-13(19)9-14(15)21(23)24/h4-9,11H,10H2,1-3H3,(H,20,22)/t11-/m0/s1. The van der Waals surface area contributed by atoms with Crippen molar-refractivity contribution in [3.63, 3.8) is 0 Å². The number of amides is 1. The first-order valence-corrected chi connectivity index (χ1v) is 8.33. The van der Waals surface area contributed by atoms with E-state index in [1.54, 1.807) is 7.11 Å². The molecular formula is C18H19ClN2O6. The molecule has 0 saturated heterocycles. The number of nitrogens with one attached hydrogen (secondary N) is 1. The van der Waals surface area contributed by atoms with Crippen molar-refractivity contribution in [2.45, 2.75) is 13.0 Å². The highest BCUT2D eigenvalue weighted by molar-refractivity contribution is 6.30. The van der Waals surface area contributed by atoms with Gasteiger partial charge in [0.25, 0.3) is 5.91 Å². The number of carbonyl (C=O) groups is 1. The van der Waals surface area contributed by atoms with Gasteiger partial charge in [0.15, 0.2) is 11.5 Å². The molecule has 2 aromatic rings. The zero-order chi connectivity index (χ0) is 20.0. The normalized spacial score (nSPS) is 11.6. The SMILES string of the molecule is COC[C@H](C)NC(=O)c1ccc(Oc2ccc(Cl)cc2[N+](=O)[O-])c(OC)c1. The first kappa shape index (κ1) is 20.5. The van der Waals surface area contributed by atoms with Crippen LogP contribution in [0.3, 0.4) is 0 Å². The fourth-order valence-corrected chi connectivity index (χ4v) is 2.50. The molecular weight excluding hydrogens is 376 g/mol. The van der Waals surface area contributed by atoms with Crippen LogP contribution in [0.15, 0.2) is 36.4 Å². The van der Waals surface area contributed by atoms with Gasteiger partial charge in [-0.25, -0.2) is 0 Å². The Morgan fingerprint density at radius 3 is 2.52 bits per heavy atom. The van der Waals surface area contributed by atoms with Crippen molar-refractivity contribution in [2.24, 2.45) is 0 Å². The Hall–Kier alpha value is -2.84. The van der Waals surface area contributed by atoms with Crippen molar-refractivity contribution in [2.75, 3.05) is 20.8 Å². The average Bonchev–Trinajstić information content (AvgIpc) is 2.63. The third-order valence-electron chi connectivity index (χ3n) is 3.56. The van der Waals surface area contributed by atoms with Gasteiger partial charge in [-0.1, -0.05) is 11.6 Å².